The summed E-state index contributed by atoms with van der Waals surface area (Å²) < 4.78 is 32.5. The number of nitriles is 1. The third-order valence-corrected chi connectivity index (χ3v) is 6.47. The zero-order valence-corrected chi connectivity index (χ0v) is 16.2. The maximum Gasteiger partial charge on any atom is 0.339 e. The zero-order valence-electron chi connectivity index (χ0n) is 15.4. The second kappa shape index (κ2) is 7.09. The predicted octanol–water partition coefficient (Wildman–Crippen LogP) is 2.51. The summed E-state index contributed by atoms with van der Waals surface area (Å²) in [5.74, 6) is -1.81. The van der Waals surface area contributed by atoms with Crippen molar-refractivity contribution in [1.29, 1.82) is 5.26 Å². The number of benzene rings is 2. The Labute approximate surface area is 163 Å². The lowest BCUT2D eigenvalue weighted by Crippen LogP contribution is -2.53. The first kappa shape index (κ1) is 19.6. The van der Waals surface area contributed by atoms with Gasteiger partial charge < -0.3 is 4.74 Å². The summed E-state index contributed by atoms with van der Waals surface area (Å²) in [6.45, 7) is 3.34. The number of ether oxygens (including phenoxy) is 1. The minimum atomic E-state index is -4.43. The lowest BCUT2D eigenvalue weighted by atomic mass is 9.88. The molecule has 0 radical (unpaired) electrons. The van der Waals surface area contributed by atoms with Gasteiger partial charge in [-0.25, -0.2) is 17.5 Å². The number of carbonyl (C=O) groups excluding carboxylic acids is 2. The summed E-state index contributed by atoms with van der Waals surface area (Å²) in [4.78, 5) is 25.9. The molecular formula is C20H18N2O5S. The van der Waals surface area contributed by atoms with Crippen molar-refractivity contribution in [1.82, 2.24) is 4.31 Å². The second-order valence-electron chi connectivity index (χ2n) is 6.35. The molecule has 0 aromatic heterocycles. The topological polar surface area (TPSA) is 105 Å². The van der Waals surface area contributed by atoms with Gasteiger partial charge in [-0.1, -0.05) is 35.9 Å². The molecule has 8 heteroatoms. The van der Waals surface area contributed by atoms with Gasteiger partial charge >= 0.3 is 5.97 Å². The van der Waals surface area contributed by atoms with Crippen LogP contribution in [0.25, 0.3) is 0 Å². The molecule has 2 aromatic rings. The van der Waals surface area contributed by atoms with E-state index in [0.717, 1.165) is 5.56 Å². The molecule has 0 bridgehead atoms. The largest absolute Gasteiger partial charge is 0.464 e. The molecule has 2 aromatic carbocycles. The summed E-state index contributed by atoms with van der Waals surface area (Å²) in [6.07, 6.45) is -0.556. The molecule has 3 rings (SSSR count). The molecule has 28 heavy (non-hydrogen) atoms. The Hall–Kier alpha value is -3.18. The molecule has 1 amide bonds. The normalized spacial score (nSPS) is 18.5. The van der Waals surface area contributed by atoms with Crippen LogP contribution in [0.3, 0.4) is 0 Å². The van der Waals surface area contributed by atoms with Gasteiger partial charge in [0.2, 0.25) is 0 Å². The van der Waals surface area contributed by atoms with Crippen LogP contribution in [0.1, 0.15) is 34.8 Å². The SMILES string of the molecule is CCOC(=O)C1(CC#N)c2ccccc2C(=O)N1S(=O)(=O)c1ccc(C)cc1. The van der Waals surface area contributed by atoms with E-state index in [2.05, 4.69) is 0 Å². The van der Waals surface area contributed by atoms with Crippen molar-refractivity contribution < 1.29 is 22.7 Å². The third-order valence-electron chi connectivity index (χ3n) is 4.64. The second-order valence-corrected chi connectivity index (χ2v) is 8.14. The van der Waals surface area contributed by atoms with E-state index < -0.39 is 33.9 Å². The summed E-state index contributed by atoms with van der Waals surface area (Å²) in [5, 5.41) is 9.42. The quantitative estimate of drug-likeness (QED) is 0.717. The average Bonchev–Trinajstić information content (AvgIpc) is 2.93. The van der Waals surface area contributed by atoms with Crippen LogP contribution in [0.2, 0.25) is 0 Å². The molecule has 0 aliphatic carbocycles. The molecule has 1 heterocycles. The van der Waals surface area contributed by atoms with Gasteiger partial charge in [0.05, 0.1) is 24.0 Å². The molecular weight excluding hydrogens is 380 g/mol. The lowest BCUT2D eigenvalue weighted by molar-refractivity contribution is -0.153. The average molecular weight is 398 g/mol. The van der Waals surface area contributed by atoms with Gasteiger partial charge in [-0.2, -0.15) is 5.26 Å². The standard InChI is InChI=1S/C20H18N2O5S/c1-3-27-19(24)20(12-13-21)17-7-5-4-6-16(17)18(23)22(20)28(25,26)15-10-8-14(2)9-11-15/h4-11H,3,12H2,1-2H3. The highest BCUT2D eigenvalue weighted by atomic mass is 32.2. The van der Waals surface area contributed by atoms with Crippen molar-refractivity contribution in [2.45, 2.75) is 30.7 Å². The maximum atomic E-state index is 13.4. The number of nitrogens with zero attached hydrogens (tertiary/aromatic N) is 2. The van der Waals surface area contributed by atoms with Gasteiger partial charge in [0.1, 0.15) is 0 Å². The van der Waals surface area contributed by atoms with Crippen LogP contribution in [-0.2, 0) is 25.1 Å². The van der Waals surface area contributed by atoms with E-state index in [4.69, 9.17) is 4.74 Å². The van der Waals surface area contributed by atoms with Crippen LogP contribution >= 0.6 is 0 Å². The number of hydrogen-bond donors (Lipinski definition) is 0. The molecule has 1 unspecified atom stereocenters. The highest BCUT2D eigenvalue weighted by molar-refractivity contribution is 7.89. The van der Waals surface area contributed by atoms with E-state index in [-0.39, 0.29) is 22.6 Å². The Kier molecular flexibility index (Phi) is 4.96. The molecule has 1 aliphatic rings. The molecule has 0 N–H and O–H groups in total. The fraction of sp³-hybridized carbons (Fsp3) is 0.250. The minimum Gasteiger partial charge on any atom is -0.464 e. The summed E-state index contributed by atoms with van der Waals surface area (Å²) >= 11 is 0. The molecule has 7 nitrogen and oxygen atoms in total. The van der Waals surface area contributed by atoms with Gasteiger partial charge in [-0.15, -0.1) is 0 Å². The number of rotatable bonds is 5. The summed E-state index contributed by atoms with van der Waals surface area (Å²) in [7, 11) is -4.43. The first-order valence-corrected chi connectivity index (χ1v) is 10.0. The van der Waals surface area contributed by atoms with Crippen molar-refractivity contribution >= 4 is 21.9 Å². The van der Waals surface area contributed by atoms with Crippen molar-refractivity contribution in [3.05, 3.63) is 65.2 Å². The number of amides is 1. The zero-order chi connectivity index (χ0) is 20.5. The Morgan fingerprint density at radius 3 is 2.43 bits per heavy atom. The summed E-state index contributed by atoms with van der Waals surface area (Å²) in [5.41, 5.74) is -1.02. The highest BCUT2D eigenvalue weighted by Crippen LogP contribution is 2.45. The van der Waals surface area contributed by atoms with Crippen LogP contribution in [0.4, 0.5) is 0 Å². The number of esters is 1. The first-order chi connectivity index (χ1) is 13.3. The molecule has 0 saturated heterocycles. The van der Waals surface area contributed by atoms with E-state index in [0.29, 0.717) is 4.31 Å². The molecule has 144 valence electrons. The van der Waals surface area contributed by atoms with Crippen LogP contribution in [0.15, 0.2) is 53.4 Å². The monoisotopic (exact) mass is 398 g/mol. The van der Waals surface area contributed by atoms with Crippen molar-refractivity contribution in [2.75, 3.05) is 6.61 Å². The van der Waals surface area contributed by atoms with Crippen LogP contribution in [0, 0.1) is 18.3 Å². The number of aryl methyl sites for hydroxylation is 1. The number of hydrogen-bond acceptors (Lipinski definition) is 6. The molecule has 0 fully saturated rings. The minimum absolute atomic E-state index is 0.0270. The predicted molar refractivity (Wildman–Crippen MR) is 99.5 cm³/mol. The molecule has 0 saturated carbocycles. The fourth-order valence-corrected chi connectivity index (χ4v) is 5.00. The smallest absolute Gasteiger partial charge is 0.339 e. The molecule has 1 atom stereocenters. The highest BCUT2D eigenvalue weighted by Gasteiger charge is 2.61. The van der Waals surface area contributed by atoms with E-state index in [1.165, 1.54) is 24.3 Å². The molecule has 0 spiro atoms. The fourth-order valence-electron chi connectivity index (χ4n) is 3.35. The lowest BCUT2D eigenvalue weighted by Gasteiger charge is -2.34. The third kappa shape index (κ3) is 2.75. The van der Waals surface area contributed by atoms with Crippen molar-refractivity contribution in [3.63, 3.8) is 0 Å². The number of carbonyl (C=O) groups is 2. The van der Waals surface area contributed by atoms with Crippen molar-refractivity contribution in [2.24, 2.45) is 0 Å². The van der Waals surface area contributed by atoms with E-state index in [1.54, 1.807) is 38.1 Å². The Bertz CT molecular complexity index is 1090. The van der Waals surface area contributed by atoms with E-state index >= 15 is 0 Å². The number of fused-ring (bicyclic) bond motifs is 1. The Morgan fingerprint density at radius 1 is 1.18 bits per heavy atom. The van der Waals surface area contributed by atoms with Crippen LogP contribution in [0.5, 0.6) is 0 Å². The van der Waals surface area contributed by atoms with Gasteiger partial charge in [0.15, 0.2) is 5.54 Å². The Balaban J connectivity index is 2.31. The van der Waals surface area contributed by atoms with Gasteiger partial charge in [0.25, 0.3) is 15.9 Å². The van der Waals surface area contributed by atoms with Gasteiger partial charge in [-0.3, -0.25) is 4.79 Å². The Morgan fingerprint density at radius 2 is 1.82 bits per heavy atom. The van der Waals surface area contributed by atoms with E-state index in [1.807, 2.05) is 6.07 Å². The van der Waals surface area contributed by atoms with Gasteiger partial charge in [0, 0.05) is 11.1 Å². The number of sulfonamides is 1. The van der Waals surface area contributed by atoms with Gasteiger partial charge in [-0.05, 0) is 32.0 Å². The van der Waals surface area contributed by atoms with Crippen LogP contribution in [-0.4, -0.2) is 31.2 Å². The van der Waals surface area contributed by atoms with E-state index in [9.17, 15) is 23.3 Å². The summed E-state index contributed by atoms with van der Waals surface area (Å²) in [6, 6.07) is 13.8. The first-order valence-electron chi connectivity index (χ1n) is 8.60. The van der Waals surface area contributed by atoms with Crippen molar-refractivity contribution in [3.8, 4) is 6.07 Å². The molecule has 1 aliphatic heterocycles. The maximum absolute atomic E-state index is 13.4. The van der Waals surface area contributed by atoms with Crippen LogP contribution < -0.4 is 0 Å².